The summed E-state index contributed by atoms with van der Waals surface area (Å²) in [7, 11) is 2.06. The lowest BCUT2D eigenvalue weighted by atomic mass is 10.1. The fraction of sp³-hybridized carbons (Fsp3) is 0.643. The van der Waals surface area contributed by atoms with Crippen LogP contribution in [0.15, 0.2) is 23.4 Å². The Morgan fingerprint density at radius 2 is 2.05 bits per heavy atom. The Morgan fingerprint density at radius 3 is 2.57 bits per heavy atom. The summed E-state index contributed by atoms with van der Waals surface area (Å²) >= 11 is 0. The molecule has 6 nitrogen and oxygen atoms in total. The lowest BCUT2D eigenvalue weighted by molar-refractivity contribution is 0.197. The standard InChI is InChI=1S/C14H24N4O2S/c1-15-10-12-4-5-14(16-11-12)21(19,20)18(3)13-6-8-17(2)9-7-13/h4-5,11,13,15H,6-10H2,1-3H3. The number of likely N-dealkylation sites (tertiary alicyclic amines) is 1. The Labute approximate surface area is 127 Å². The van der Waals surface area contributed by atoms with E-state index in [4.69, 9.17) is 0 Å². The molecule has 0 amide bonds. The van der Waals surface area contributed by atoms with Crippen molar-refractivity contribution >= 4 is 10.0 Å². The molecule has 1 aromatic rings. The molecule has 118 valence electrons. The third-order valence-corrected chi connectivity index (χ3v) is 5.85. The summed E-state index contributed by atoms with van der Waals surface area (Å²) in [5, 5.41) is 3.14. The summed E-state index contributed by atoms with van der Waals surface area (Å²) in [5.41, 5.74) is 0.971. The molecule has 1 fully saturated rings. The number of nitrogens with one attached hydrogen (secondary N) is 1. The first-order valence-corrected chi connectivity index (χ1v) is 8.65. The largest absolute Gasteiger partial charge is 0.316 e. The maximum Gasteiger partial charge on any atom is 0.260 e. The highest BCUT2D eigenvalue weighted by molar-refractivity contribution is 7.89. The van der Waals surface area contributed by atoms with Gasteiger partial charge in [0, 0.05) is 25.8 Å². The third kappa shape index (κ3) is 3.79. The molecule has 0 atom stereocenters. The molecule has 21 heavy (non-hydrogen) atoms. The summed E-state index contributed by atoms with van der Waals surface area (Å²) in [6.45, 7) is 2.54. The van der Waals surface area contributed by atoms with E-state index < -0.39 is 10.0 Å². The molecule has 0 saturated carbocycles. The summed E-state index contributed by atoms with van der Waals surface area (Å²) in [4.78, 5) is 6.34. The third-order valence-electron chi connectivity index (χ3n) is 4.02. The number of aromatic nitrogens is 1. The van der Waals surface area contributed by atoms with Crippen LogP contribution < -0.4 is 5.32 Å². The lowest BCUT2D eigenvalue weighted by Crippen LogP contribution is -2.44. The maximum absolute atomic E-state index is 12.6. The molecular weight excluding hydrogens is 288 g/mol. The van der Waals surface area contributed by atoms with E-state index in [0.717, 1.165) is 31.5 Å². The monoisotopic (exact) mass is 312 g/mol. The number of hydrogen-bond donors (Lipinski definition) is 1. The molecule has 1 aliphatic heterocycles. The first kappa shape index (κ1) is 16.4. The maximum atomic E-state index is 12.6. The Bertz CT molecular complexity index is 551. The Hall–Kier alpha value is -1.02. The Morgan fingerprint density at radius 1 is 1.38 bits per heavy atom. The van der Waals surface area contributed by atoms with Gasteiger partial charge in [0.1, 0.15) is 0 Å². The minimum atomic E-state index is -3.50. The van der Waals surface area contributed by atoms with Crippen molar-refractivity contribution in [2.45, 2.75) is 30.5 Å². The van der Waals surface area contributed by atoms with E-state index in [1.807, 2.05) is 7.05 Å². The molecule has 0 aromatic carbocycles. The van der Waals surface area contributed by atoms with E-state index in [9.17, 15) is 8.42 Å². The second-order valence-electron chi connectivity index (χ2n) is 5.59. The molecule has 1 aromatic heterocycles. The van der Waals surface area contributed by atoms with Crippen LogP contribution in [0.4, 0.5) is 0 Å². The second-order valence-corrected chi connectivity index (χ2v) is 7.54. The number of rotatable bonds is 5. The van der Waals surface area contributed by atoms with Crippen LogP contribution in [0.2, 0.25) is 0 Å². The molecule has 0 aliphatic carbocycles. The van der Waals surface area contributed by atoms with Crippen LogP contribution in [-0.4, -0.2) is 62.9 Å². The highest BCUT2D eigenvalue weighted by Gasteiger charge is 2.30. The minimum absolute atomic E-state index is 0.0602. The molecule has 2 heterocycles. The molecule has 1 N–H and O–H groups in total. The van der Waals surface area contributed by atoms with Crippen LogP contribution in [0.3, 0.4) is 0 Å². The number of piperidine rings is 1. The fourth-order valence-electron chi connectivity index (χ4n) is 2.57. The van der Waals surface area contributed by atoms with E-state index in [1.165, 1.54) is 4.31 Å². The van der Waals surface area contributed by atoms with Gasteiger partial charge in [-0.15, -0.1) is 0 Å². The fourth-order valence-corrected chi connectivity index (χ4v) is 3.90. The molecule has 0 bridgehead atoms. The average Bonchev–Trinajstić information content (AvgIpc) is 2.48. The quantitative estimate of drug-likeness (QED) is 0.858. The van der Waals surface area contributed by atoms with E-state index in [1.54, 1.807) is 25.4 Å². The van der Waals surface area contributed by atoms with Crippen molar-refractivity contribution in [2.75, 3.05) is 34.2 Å². The number of pyridine rings is 1. The normalized spacial score (nSPS) is 18.3. The van der Waals surface area contributed by atoms with E-state index >= 15 is 0 Å². The summed E-state index contributed by atoms with van der Waals surface area (Å²) in [5.74, 6) is 0. The van der Waals surface area contributed by atoms with Gasteiger partial charge in [-0.2, -0.15) is 4.31 Å². The van der Waals surface area contributed by atoms with Crippen molar-refractivity contribution < 1.29 is 8.42 Å². The Kier molecular flexibility index (Phi) is 5.32. The molecule has 0 radical (unpaired) electrons. The molecular formula is C14H24N4O2S. The molecule has 0 spiro atoms. The molecule has 1 saturated heterocycles. The molecule has 0 unspecified atom stereocenters. The SMILES string of the molecule is CNCc1ccc(S(=O)(=O)N(C)C2CCN(C)CC2)nc1. The zero-order valence-corrected chi connectivity index (χ0v) is 13.7. The minimum Gasteiger partial charge on any atom is -0.316 e. The highest BCUT2D eigenvalue weighted by atomic mass is 32.2. The van der Waals surface area contributed by atoms with Gasteiger partial charge < -0.3 is 10.2 Å². The first-order valence-electron chi connectivity index (χ1n) is 7.21. The molecule has 2 rings (SSSR count). The topological polar surface area (TPSA) is 65.5 Å². The van der Waals surface area contributed by atoms with Gasteiger partial charge in [-0.25, -0.2) is 13.4 Å². The van der Waals surface area contributed by atoms with Gasteiger partial charge in [-0.3, -0.25) is 0 Å². The van der Waals surface area contributed by atoms with Crippen molar-refractivity contribution in [3.63, 3.8) is 0 Å². The number of sulfonamides is 1. The molecule has 7 heteroatoms. The predicted molar refractivity (Wildman–Crippen MR) is 82.5 cm³/mol. The van der Waals surface area contributed by atoms with Crippen LogP contribution in [-0.2, 0) is 16.6 Å². The van der Waals surface area contributed by atoms with Gasteiger partial charge in [0.2, 0.25) is 0 Å². The van der Waals surface area contributed by atoms with Gasteiger partial charge in [0.15, 0.2) is 5.03 Å². The van der Waals surface area contributed by atoms with Gasteiger partial charge >= 0.3 is 0 Å². The van der Waals surface area contributed by atoms with E-state index in [2.05, 4.69) is 22.2 Å². The van der Waals surface area contributed by atoms with Crippen molar-refractivity contribution in [3.8, 4) is 0 Å². The lowest BCUT2D eigenvalue weighted by Gasteiger charge is -2.34. The van der Waals surface area contributed by atoms with Crippen molar-refractivity contribution in [1.29, 1.82) is 0 Å². The summed E-state index contributed by atoms with van der Waals surface area (Å²) in [6.07, 6.45) is 3.35. The van der Waals surface area contributed by atoms with E-state index in [0.29, 0.717) is 6.54 Å². The van der Waals surface area contributed by atoms with E-state index in [-0.39, 0.29) is 11.1 Å². The molecule has 1 aliphatic rings. The zero-order valence-electron chi connectivity index (χ0n) is 12.9. The second kappa shape index (κ2) is 6.83. The van der Waals surface area contributed by atoms with Crippen molar-refractivity contribution in [3.05, 3.63) is 23.9 Å². The first-order chi connectivity index (χ1) is 9.95. The van der Waals surface area contributed by atoms with Gasteiger partial charge in [-0.05, 0) is 51.7 Å². The van der Waals surface area contributed by atoms with Gasteiger partial charge in [0.05, 0.1) is 0 Å². The predicted octanol–water partition coefficient (Wildman–Crippen LogP) is 0.516. The highest BCUT2D eigenvalue weighted by Crippen LogP contribution is 2.21. The summed E-state index contributed by atoms with van der Waals surface area (Å²) in [6, 6.07) is 3.46. The van der Waals surface area contributed by atoms with Crippen LogP contribution in [0, 0.1) is 0 Å². The van der Waals surface area contributed by atoms with Crippen LogP contribution in [0.1, 0.15) is 18.4 Å². The van der Waals surface area contributed by atoms with Crippen LogP contribution >= 0.6 is 0 Å². The van der Waals surface area contributed by atoms with Gasteiger partial charge in [0.25, 0.3) is 10.0 Å². The Balaban J connectivity index is 2.13. The van der Waals surface area contributed by atoms with Gasteiger partial charge in [-0.1, -0.05) is 6.07 Å². The smallest absolute Gasteiger partial charge is 0.260 e. The van der Waals surface area contributed by atoms with Crippen molar-refractivity contribution in [1.82, 2.24) is 19.5 Å². The van der Waals surface area contributed by atoms with Crippen LogP contribution in [0.25, 0.3) is 0 Å². The van der Waals surface area contributed by atoms with Crippen LogP contribution in [0.5, 0.6) is 0 Å². The number of hydrogen-bond acceptors (Lipinski definition) is 5. The zero-order chi connectivity index (χ0) is 15.5. The summed E-state index contributed by atoms with van der Waals surface area (Å²) < 4.78 is 26.7. The number of nitrogens with zero attached hydrogens (tertiary/aromatic N) is 3. The van der Waals surface area contributed by atoms with Crippen molar-refractivity contribution in [2.24, 2.45) is 0 Å². The average molecular weight is 312 g/mol.